The number of aromatic nitrogens is 1. The molecule has 0 spiro atoms. The quantitative estimate of drug-likeness (QED) is 0.431. The zero-order chi connectivity index (χ0) is 28.6. The number of hydrogen-bond acceptors (Lipinski definition) is 8. The molecule has 2 saturated carbocycles. The predicted octanol–water partition coefficient (Wildman–Crippen LogP) is 4.70. The second-order valence-electron chi connectivity index (χ2n) is 11.3. The number of methoxy groups -OCH3 is 1. The minimum absolute atomic E-state index is 0.0857. The van der Waals surface area contributed by atoms with Gasteiger partial charge in [-0.2, -0.15) is 5.26 Å². The molecule has 0 bridgehead atoms. The Bertz CT molecular complexity index is 1560. The molecule has 9 nitrogen and oxygen atoms in total. The van der Waals surface area contributed by atoms with E-state index < -0.39 is 15.4 Å². The summed E-state index contributed by atoms with van der Waals surface area (Å²) in [7, 11) is -1.34. The van der Waals surface area contributed by atoms with Gasteiger partial charge >= 0.3 is 0 Å². The molecule has 2 aliphatic carbocycles. The highest BCUT2D eigenvalue weighted by Gasteiger charge is 2.47. The fourth-order valence-electron chi connectivity index (χ4n) is 5.92. The fourth-order valence-corrected chi connectivity index (χ4v) is 7.13. The molecule has 2 atom stereocenters. The molecule has 2 aromatic carbocycles. The summed E-state index contributed by atoms with van der Waals surface area (Å²) in [6.07, 6.45) is 4.83. The fraction of sp³-hybridized carbons (Fsp3) is 0.452. The summed E-state index contributed by atoms with van der Waals surface area (Å²) in [5, 5.41) is 12.6. The van der Waals surface area contributed by atoms with Gasteiger partial charge in [0, 0.05) is 41.7 Å². The molecule has 1 amide bonds. The van der Waals surface area contributed by atoms with E-state index in [1.165, 1.54) is 0 Å². The van der Waals surface area contributed by atoms with Crippen molar-refractivity contribution < 1.29 is 22.4 Å². The number of anilines is 1. The molecule has 10 heteroatoms. The number of carbonyl (C=O) groups excluding carboxylic acids is 1. The van der Waals surface area contributed by atoms with E-state index in [2.05, 4.69) is 16.3 Å². The van der Waals surface area contributed by atoms with Crippen LogP contribution in [0.5, 0.6) is 5.75 Å². The van der Waals surface area contributed by atoms with Gasteiger partial charge in [-0.05, 0) is 62.1 Å². The van der Waals surface area contributed by atoms with E-state index in [0.717, 1.165) is 48.2 Å². The lowest BCUT2D eigenvalue weighted by Gasteiger charge is -2.30. The first-order chi connectivity index (χ1) is 19.8. The Morgan fingerprint density at radius 1 is 1.05 bits per heavy atom. The summed E-state index contributed by atoms with van der Waals surface area (Å²) in [6.45, 7) is 0.948. The molecule has 1 N–H and O–H groups in total. The van der Waals surface area contributed by atoms with E-state index in [1.54, 1.807) is 7.11 Å². The monoisotopic (exact) mass is 574 g/mol. The van der Waals surface area contributed by atoms with Gasteiger partial charge in [-0.3, -0.25) is 4.79 Å². The van der Waals surface area contributed by atoms with E-state index in [1.807, 2.05) is 48.5 Å². The van der Waals surface area contributed by atoms with Crippen LogP contribution in [0.1, 0.15) is 50.2 Å². The molecular weight excluding hydrogens is 540 g/mol. The van der Waals surface area contributed by atoms with Crippen LogP contribution in [0.2, 0.25) is 0 Å². The Labute approximate surface area is 240 Å². The number of amides is 1. The Balaban J connectivity index is 1.35. The van der Waals surface area contributed by atoms with E-state index in [4.69, 9.17) is 14.1 Å². The summed E-state index contributed by atoms with van der Waals surface area (Å²) in [4.78, 5) is 20.5. The molecule has 6 rings (SSSR count). The summed E-state index contributed by atoms with van der Waals surface area (Å²) < 4.78 is 35.6. The van der Waals surface area contributed by atoms with Gasteiger partial charge in [0.05, 0.1) is 24.7 Å². The zero-order valence-electron chi connectivity index (χ0n) is 23.1. The first-order valence-electron chi connectivity index (χ1n) is 14.2. The van der Waals surface area contributed by atoms with Gasteiger partial charge in [0.25, 0.3) is 0 Å². The number of hydrogen-bond donors (Lipinski definition) is 1. The van der Waals surface area contributed by atoms with Gasteiger partial charge in [0.2, 0.25) is 11.8 Å². The highest BCUT2D eigenvalue weighted by molar-refractivity contribution is 7.91. The van der Waals surface area contributed by atoms with E-state index in [9.17, 15) is 18.5 Å². The Morgan fingerprint density at radius 3 is 2.34 bits per heavy atom. The number of ether oxygens (including phenoxy) is 1. The minimum Gasteiger partial charge on any atom is -0.497 e. The second kappa shape index (κ2) is 10.9. The molecule has 3 aromatic rings. The van der Waals surface area contributed by atoms with Crippen molar-refractivity contribution in [1.29, 1.82) is 5.26 Å². The third kappa shape index (κ3) is 5.68. The average Bonchev–Trinajstić information content (AvgIpc) is 3.63. The lowest BCUT2D eigenvalue weighted by Crippen LogP contribution is -2.42. The van der Waals surface area contributed by atoms with Crippen LogP contribution in [0.25, 0.3) is 22.7 Å². The Hall–Kier alpha value is -3.84. The smallest absolute Gasteiger partial charge is 0.226 e. The van der Waals surface area contributed by atoms with Crippen LogP contribution in [0.4, 0.5) is 5.69 Å². The first-order valence-corrected chi connectivity index (χ1v) is 16.1. The largest absolute Gasteiger partial charge is 0.497 e. The third-order valence-electron chi connectivity index (χ3n) is 8.61. The van der Waals surface area contributed by atoms with Gasteiger partial charge in [-0.1, -0.05) is 25.0 Å². The number of benzene rings is 2. The molecule has 3 aliphatic rings. The predicted molar refractivity (Wildman–Crippen MR) is 155 cm³/mol. The molecule has 1 saturated heterocycles. The van der Waals surface area contributed by atoms with Crippen molar-refractivity contribution >= 4 is 21.4 Å². The van der Waals surface area contributed by atoms with Gasteiger partial charge < -0.3 is 19.4 Å². The number of oxazole rings is 1. The lowest BCUT2D eigenvalue weighted by atomic mass is 9.76. The topological polar surface area (TPSA) is 126 Å². The van der Waals surface area contributed by atoms with Crippen molar-refractivity contribution in [2.24, 2.45) is 5.92 Å². The summed E-state index contributed by atoms with van der Waals surface area (Å²) in [5.74, 6) is 1.66. The molecule has 2 heterocycles. The van der Waals surface area contributed by atoms with Crippen molar-refractivity contribution in [3.63, 3.8) is 0 Å². The maximum absolute atomic E-state index is 13.5. The van der Waals surface area contributed by atoms with Gasteiger partial charge in [0.1, 0.15) is 22.7 Å². The number of rotatable bonds is 7. The van der Waals surface area contributed by atoms with Crippen molar-refractivity contribution in [2.75, 3.05) is 36.6 Å². The summed E-state index contributed by atoms with van der Waals surface area (Å²) >= 11 is 0. The molecule has 1 aliphatic heterocycles. The molecular formula is C31H34N4O5S. The SMILES string of the molecule is COc1ccc(-c2nc(-c3ccc(N4CCS(=O)(=O)CC4)cc3)c(C3CCCCC3C(=O)NC3(C#N)CC3)o2)cc1. The Kier molecular flexibility index (Phi) is 7.24. The first kappa shape index (κ1) is 27.3. The Morgan fingerprint density at radius 2 is 1.71 bits per heavy atom. The number of nitrogens with zero attached hydrogens (tertiary/aromatic N) is 3. The third-order valence-corrected chi connectivity index (χ3v) is 10.2. The highest BCUT2D eigenvalue weighted by atomic mass is 32.2. The average molecular weight is 575 g/mol. The minimum atomic E-state index is -2.97. The maximum atomic E-state index is 13.5. The highest BCUT2D eigenvalue weighted by Crippen LogP contribution is 2.45. The van der Waals surface area contributed by atoms with Crippen molar-refractivity contribution in [3.8, 4) is 34.5 Å². The molecule has 214 valence electrons. The summed E-state index contributed by atoms with van der Waals surface area (Å²) in [6, 6.07) is 17.8. The number of carbonyl (C=O) groups is 1. The van der Waals surface area contributed by atoms with Crippen LogP contribution in [-0.2, 0) is 14.6 Å². The van der Waals surface area contributed by atoms with Gasteiger partial charge in [0.15, 0.2) is 9.84 Å². The van der Waals surface area contributed by atoms with Crippen molar-refractivity contribution in [2.45, 2.75) is 50.0 Å². The van der Waals surface area contributed by atoms with Crippen LogP contribution >= 0.6 is 0 Å². The van der Waals surface area contributed by atoms with Gasteiger partial charge in [-0.25, -0.2) is 13.4 Å². The number of nitrogens with one attached hydrogen (secondary N) is 1. The van der Waals surface area contributed by atoms with Crippen molar-refractivity contribution in [3.05, 3.63) is 54.3 Å². The van der Waals surface area contributed by atoms with Crippen LogP contribution in [0.15, 0.2) is 52.9 Å². The molecule has 3 fully saturated rings. The number of sulfone groups is 1. The number of nitriles is 1. The van der Waals surface area contributed by atoms with E-state index in [-0.39, 0.29) is 29.2 Å². The lowest BCUT2D eigenvalue weighted by molar-refractivity contribution is -0.127. The zero-order valence-corrected chi connectivity index (χ0v) is 24.0. The molecule has 1 aromatic heterocycles. The molecule has 2 unspecified atom stereocenters. The second-order valence-corrected chi connectivity index (χ2v) is 13.6. The normalized spacial score (nSPS) is 22.9. The van der Waals surface area contributed by atoms with Crippen LogP contribution in [-0.4, -0.2) is 56.6 Å². The summed E-state index contributed by atoms with van der Waals surface area (Å²) in [5.41, 5.74) is 2.63. The van der Waals surface area contributed by atoms with Crippen molar-refractivity contribution in [1.82, 2.24) is 10.3 Å². The van der Waals surface area contributed by atoms with Crippen LogP contribution in [0, 0.1) is 17.2 Å². The van der Waals surface area contributed by atoms with Gasteiger partial charge in [-0.15, -0.1) is 0 Å². The van der Waals surface area contributed by atoms with E-state index in [0.29, 0.717) is 43.3 Å². The molecule has 0 radical (unpaired) electrons. The molecule has 41 heavy (non-hydrogen) atoms. The maximum Gasteiger partial charge on any atom is 0.226 e. The van der Waals surface area contributed by atoms with Crippen LogP contribution < -0.4 is 15.0 Å². The van der Waals surface area contributed by atoms with Crippen LogP contribution in [0.3, 0.4) is 0 Å². The van der Waals surface area contributed by atoms with E-state index >= 15 is 0 Å². The standard InChI is InChI=1S/C31H34N4O5S/c1-39-24-12-8-22(9-13-24)30-33-27(21-6-10-23(11-7-21)35-16-18-41(37,38)19-17-35)28(40-30)25-4-2-3-5-26(25)29(36)34-31(20-32)14-15-31/h6-13,25-26H,2-5,14-19H2,1H3,(H,34,36).